The fraction of sp³-hybridized carbons (Fsp3) is 0.429. The molecule has 20 heavy (non-hydrogen) atoms. The summed E-state index contributed by atoms with van der Waals surface area (Å²) in [4.78, 5) is 4.31. The van der Waals surface area contributed by atoms with Crippen molar-refractivity contribution in [1.82, 2.24) is 10.1 Å². The minimum absolute atomic E-state index is 0.175. The average Bonchev–Trinajstić information content (AvgIpc) is 2.93. The van der Waals surface area contributed by atoms with Crippen LogP contribution in [0.3, 0.4) is 0 Å². The second-order valence-corrected chi connectivity index (χ2v) is 6.18. The number of nitrogens with zero attached hydrogens (tertiary/aromatic N) is 2. The Morgan fingerprint density at radius 3 is 2.75 bits per heavy atom. The van der Waals surface area contributed by atoms with E-state index in [1.807, 2.05) is 0 Å². The third-order valence-corrected chi connectivity index (χ3v) is 4.27. The van der Waals surface area contributed by atoms with Crippen molar-refractivity contribution >= 4 is 15.9 Å². The zero-order chi connectivity index (χ0) is 14.2. The normalized spacial score (nSPS) is 18.1. The molecule has 1 heterocycles. The van der Waals surface area contributed by atoms with Gasteiger partial charge in [0.1, 0.15) is 5.82 Å². The van der Waals surface area contributed by atoms with Crippen LogP contribution in [0, 0.1) is 5.82 Å². The highest BCUT2D eigenvalue weighted by molar-refractivity contribution is 9.10. The smallest absolute Gasteiger partial charge is 0.261 e. The largest absolute Gasteiger partial charge is 0.334 e. The van der Waals surface area contributed by atoms with Crippen LogP contribution in [0.1, 0.15) is 37.9 Å². The highest BCUT2D eigenvalue weighted by atomic mass is 79.9. The van der Waals surface area contributed by atoms with E-state index in [1.54, 1.807) is 12.1 Å². The molecule has 0 aliphatic heterocycles. The summed E-state index contributed by atoms with van der Waals surface area (Å²) in [7, 11) is 0. The van der Waals surface area contributed by atoms with Gasteiger partial charge in [-0.15, -0.1) is 0 Å². The number of hydrogen-bond donors (Lipinski definition) is 1. The number of benzene rings is 1. The van der Waals surface area contributed by atoms with Crippen molar-refractivity contribution in [2.75, 3.05) is 0 Å². The molecule has 0 atom stereocenters. The van der Waals surface area contributed by atoms with Crippen LogP contribution in [-0.4, -0.2) is 10.1 Å². The molecule has 0 bridgehead atoms. The molecule has 1 aliphatic carbocycles. The molecule has 1 aromatic carbocycles. The Labute approximate surface area is 124 Å². The third-order valence-electron chi connectivity index (χ3n) is 3.78. The van der Waals surface area contributed by atoms with Crippen LogP contribution in [0.5, 0.6) is 0 Å². The molecule has 2 aromatic rings. The first-order valence-electron chi connectivity index (χ1n) is 6.67. The molecule has 1 aromatic heterocycles. The fourth-order valence-electron chi connectivity index (χ4n) is 2.60. The maximum absolute atomic E-state index is 13.8. The maximum Gasteiger partial charge on any atom is 0.261 e. The molecular formula is C14H15BrFN3O. The van der Waals surface area contributed by atoms with E-state index in [1.165, 1.54) is 12.5 Å². The van der Waals surface area contributed by atoms with Crippen molar-refractivity contribution in [2.24, 2.45) is 5.73 Å². The molecule has 0 saturated heterocycles. The molecule has 0 unspecified atom stereocenters. The van der Waals surface area contributed by atoms with Crippen molar-refractivity contribution < 1.29 is 8.91 Å². The number of hydrogen-bond acceptors (Lipinski definition) is 4. The van der Waals surface area contributed by atoms with Gasteiger partial charge in [0.2, 0.25) is 0 Å². The van der Waals surface area contributed by atoms with Crippen LogP contribution in [-0.2, 0) is 5.54 Å². The standard InChI is InChI=1S/C14H15BrFN3O/c15-9-4-5-11(16)10(8-9)12-18-13(19-20-12)14(17)6-2-1-3-7-14/h4-5,8H,1-3,6-7,17H2. The molecule has 2 N–H and O–H groups in total. The van der Waals surface area contributed by atoms with Gasteiger partial charge in [-0.1, -0.05) is 40.3 Å². The molecule has 1 fully saturated rings. The van der Waals surface area contributed by atoms with Crippen LogP contribution in [0.4, 0.5) is 4.39 Å². The molecule has 0 radical (unpaired) electrons. The summed E-state index contributed by atoms with van der Waals surface area (Å²) in [6.45, 7) is 0. The van der Waals surface area contributed by atoms with Crippen LogP contribution >= 0.6 is 15.9 Å². The molecule has 1 saturated carbocycles. The predicted molar refractivity (Wildman–Crippen MR) is 76.3 cm³/mol. The summed E-state index contributed by atoms with van der Waals surface area (Å²) >= 11 is 3.31. The first-order valence-corrected chi connectivity index (χ1v) is 7.46. The van der Waals surface area contributed by atoms with Gasteiger partial charge in [-0.3, -0.25) is 0 Å². The van der Waals surface area contributed by atoms with Gasteiger partial charge in [0.15, 0.2) is 5.82 Å². The lowest BCUT2D eigenvalue weighted by Gasteiger charge is -2.29. The summed E-state index contributed by atoms with van der Waals surface area (Å²) in [6, 6.07) is 4.61. The van der Waals surface area contributed by atoms with E-state index < -0.39 is 11.4 Å². The summed E-state index contributed by atoms with van der Waals surface area (Å²) in [5.74, 6) is 0.263. The van der Waals surface area contributed by atoms with E-state index in [2.05, 4.69) is 26.1 Å². The van der Waals surface area contributed by atoms with Crippen molar-refractivity contribution in [2.45, 2.75) is 37.6 Å². The Bertz CT molecular complexity index is 623. The lowest BCUT2D eigenvalue weighted by Crippen LogP contribution is -2.39. The second kappa shape index (κ2) is 5.26. The van der Waals surface area contributed by atoms with Crippen LogP contribution < -0.4 is 5.73 Å². The number of halogens is 2. The van der Waals surface area contributed by atoms with E-state index >= 15 is 0 Å². The lowest BCUT2D eigenvalue weighted by molar-refractivity contribution is 0.275. The van der Waals surface area contributed by atoms with E-state index in [0.717, 1.165) is 30.2 Å². The van der Waals surface area contributed by atoms with Gasteiger partial charge in [0, 0.05) is 4.47 Å². The van der Waals surface area contributed by atoms with Crippen LogP contribution in [0.2, 0.25) is 0 Å². The Morgan fingerprint density at radius 1 is 1.25 bits per heavy atom. The van der Waals surface area contributed by atoms with E-state index in [9.17, 15) is 4.39 Å². The zero-order valence-corrected chi connectivity index (χ0v) is 12.5. The number of nitrogens with two attached hydrogens (primary N) is 1. The van der Waals surface area contributed by atoms with Crippen molar-refractivity contribution in [3.05, 3.63) is 34.3 Å². The quantitative estimate of drug-likeness (QED) is 0.904. The highest BCUT2D eigenvalue weighted by Gasteiger charge is 2.34. The molecule has 106 valence electrons. The molecule has 4 nitrogen and oxygen atoms in total. The summed E-state index contributed by atoms with van der Waals surface area (Å²) in [6.07, 6.45) is 4.99. The second-order valence-electron chi connectivity index (χ2n) is 5.26. The fourth-order valence-corrected chi connectivity index (χ4v) is 2.96. The summed E-state index contributed by atoms with van der Waals surface area (Å²) in [5, 5.41) is 3.97. The van der Waals surface area contributed by atoms with Gasteiger partial charge in [-0.2, -0.15) is 4.98 Å². The van der Waals surface area contributed by atoms with Gasteiger partial charge >= 0.3 is 0 Å². The minimum atomic E-state index is -0.539. The van der Waals surface area contributed by atoms with Gasteiger partial charge in [0.05, 0.1) is 11.1 Å². The van der Waals surface area contributed by atoms with Gasteiger partial charge in [-0.05, 0) is 31.0 Å². The number of aromatic nitrogens is 2. The van der Waals surface area contributed by atoms with Crippen molar-refractivity contribution in [3.63, 3.8) is 0 Å². The first-order chi connectivity index (χ1) is 9.58. The molecular weight excluding hydrogens is 325 g/mol. The number of rotatable bonds is 2. The Kier molecular flexibility index (Phi) is 3.60. The monoisotopic (exact) mass is 339 g/mol. The van der Waals surface area contributed by atoms with E-state index in [0.29, 0.717) is 5.82 Å². The lowest BCUT2D eigenvalue weighted by atomic mass is 9.82. The highest BCUT2D eigenvalue weighted by Crippen LogP contribution is 2.34. The van der Waals surface area contributed by atoms with E-state index in [4.69, 9.17) is 10.3 Å². The maximum atomic E-state index is 13.8. The van der Waals surface area contributed by atoms with Crippen LogP contribution in [0.25, 0.3) is 11.5 Å². The predicted octanol–water partition coefficient (Wildman–Crippen LogP) is 3.76. The first kappa shape index (κ1) is 13.7. The van der Waals surface area contributed by atoms with Crippen LogP contribution in [0.15, 0.2) is 27.2 Å². The zero-order valence-electron chi connectivity index (χ0n) is 10.9. The van der Waals surface area contributed by atoms with Gasteiger partial charge in [0.25, 0.3) is 5.89 Å². The molecule has 1 aliphatic rings. The summed E-state index contributed by atoms with van der Waals surface area (Å²) < 4.78 is 19.8. The van der Waals surface area contributed by atoms with Gasteiger partial charge in [-0.25, -0.2) is 4.39 Å². The van der Waals surface area contributed by atoms with Crippen molar-refractivity contribution in [1.29, 1.82) is 0 Å². The molecule has 0 amide bonds. The Hall–Kier alpha value is -1.27. The Balaban J connectivity index is 1.95. The SMILES string of the molecule is NC1(c2noc(-c3cc(Br)ccc3F)n2)CCCCC1. The molecule has 6 heteroatoms. The van der Waals surface area contributed by atoms with Crippen molar-refractivity contribution in [3.8, 4) is 11.5 Å². The minimum Gasteiger partial charge on any atom is -0.334 e. The molecule has 0 spiro atoms. The van der Waals surface area contributed by atoms with E-state index in [-0.39, 0.29) is 11.5 Å². The average molecular weight is 340 g/mol. The molecule has 3 rings (SSSR count). The Morgan fingerprint density at radius 2 is 2.00 bits per heavy atom. The third kappa shape index (κ3) is 2.50. The van der Waals surface area contributed by atoms with Gasteiger partial charge < -0.3 is 10.3 Å². The summed E-state index contributed by atoms with van der Waals surface area (Å²) in [5.41, 5.74) is 6.10. The topological polar surface area (TPSA) is 64.9 Å².